The van der Waals surface area contributed by atoms with Crippen molar-refractivity contribution in [2.24, 2.45) is 0 Å². The summed E-state index contributed by atoms with van der Waals surface area (Å²) in [6.07, 6.45) is 0.133. The predicted octanol–water partition coefficient (Wildman–Crippen LogP) is 2.32. The summed E-state index contributed by atoms with van der Waals surface area (Å²) in [5, 5.41) is 3.47. The molecule has 1 aromatic rings. The molecule has 0 saturated carbocycles. The maximum absolute atomic E-state index is 5.81. The van der Waals surface area contributed by atoms with Gasteiger partial charge in [-0.3, -0.25) is 0 Å². The Hall–Kier alpha value is -0.900. The standard InChI is InChI=1S/C14H21NO2/c1-11(13-10-16-14(2,3)17-13)15-9-12-7-5-4-6-8-12/h4-8,11,13,15H,9-10H2,1-3H3/t11-,13+/m0/s1. The summed E-state index contributed by atoms with van der Waals surface area (Å²) in [5.74, 6) is -0.437. The van der Waals surface area contributed by atoms with E-state index < -0.39 is 5.79 Å². The molecule has 0 amide bonds. The maximum atomic E-state index is 5.81. The van der Waals surface area contributed by atoms with E-state index in [1.54, 1.807) is 0 Å². The Balaban J connectivity index is 1.80. The molecule has 0 unspecified atom stereocenters. The van der Waals surface area contributed by atoms with Crippen molar-refractivity contribution in [2.75, 3.05) is 6.61 Å². The van der Waals surface area contributed by atoms with Crippen LogP contribution in [0.25, 0.3) is 0 Å². The van der Waals surface area contributed by atoms with Crippen LogP contribution in [0, 0.1) is 0 Å². The largest absolute Gasteiger partial charge is 0.348 e. The topological polar surface area (TPSA) is 30.5 Å². The summed E-state index contributed by atoms with van der Waals surface area (Å²) >= 11 is 0. The molecule has 17 heavy (non-hydrogen) atoms. The summed E-state index contributed by atoms with van der Waals surface area (Å²) < 4.78 is 11.4. The van der Waals surface area contributed by atoms with E-state index >= 15 is 0 Å². The minimum atomic E-state index is -0.437. The van der Waals surface area contributed by atoms with Gasteiger partial charge in [-0.25, -0.2) is 0 Å². The van der Waals surface area contributed by atoms with E-state index in [0.29, 0.717) is 6.61 Å². The molecule has 0 spiro atoms. The Kier molecular flexibility index (Phi) is 3.82. The van der Waals surface area contributed by atoms with Crippen LogP contribution in [0.5, 0.6) is 0 Å². The van der Waals surface area contributed by atoms with E-state index in [-0.39, 0.29) is 12.1 Å². The first-order valence-corrected chi connectivity index (χ1v) is 6.16. The highest BCUT2D eigenvalue weighted by molar-refractivity contribution is 5.14. The van der Waals surface area contributed by atoms with Gasteiger partial charge in [0, 0.05) is 12.6 Å². The van der Waals surface area contributed by atoms with Crippen molar-refractivity contribution in [2.45, 2.75) is 45.2 Å². The Morgan fingerprint density at radius 1 is 1.35 bits per heavy atom. The molecular weight excluding hydrogens is 214 g/mol. The van der Waals surface area contributed by atoms with Crippen molar-refractivity contribution in [1.82, 2.24) is 5.32 Å². The highest BCUT2D eigenvalue weighted by Gasteiger charge is 2.35. The zero-order valence-electron chi connectivity index (χ0n) is 10.8. The molecule has 1 saturated heterocycles. The van der Waals surface area contributed by atoms with Gasteiger partial charge in [-0.1, -0.05) is 30.3 Å². The zero-order chi connectivity index (χ0) is 12.3. The van der Waals surface area contributed by atoms with Crippen LogP contribution < -0.4 is 5.32 Å². The molecular formula is C14H21NO2. The molecule has 3 heteroatoms. The molecule has 0 radical (unpaired) electrons. The van der Waals surface area contributed by atoms with Gasteiger partial charge in [0.25, 0.3) is 0 Å². The normalized spacial score (nSPS) is 24.8. The quantitative estimate of drug-likeness (QED) is 0.868. The molecule has 0 bridgehead atoms. The first-order chi connectivity index (χ1) is 8.07. The van der Waals surface area contributed by atoms with Gasteiger partial charge in [0.2, 0.25) is 0 Å². The molecule has 1 aromatic carbocycles. The fraction of sp³-hybridized carbons (Fsp3) is 0.571. The van der Waals surface area contributed by atoms with E-state index in [1.807, 2.05) is 19.9 Å². The summed E-state index contributed by atoms with van der Waals surface area (Å²) in [6, 6.07) is 10.7. The van der Waals surface area contributed by atoms with Crippen LogP contribution in [-0.4, -0.2) is 24.5 Å². The van der Waals surface area contributed by atoms with Crippen molar-refractivity contribution < 1.29 is 9.47 Å². The van der Waals surface area contributed by atoms with E-state index in [0.717, 1.165) is 6.54 Å². The maximum Gasteiger partial charge on any atom is 0.163 e. The Morgan fingerprint density at radius 2 is 2.06 bits per heavy atom. The smallest absolute Gasteiger partial charge is 0.163 e. The third kappa shape index (κ3) is 3.53. The van der Waals surface area contributed by atoms with Crippen LogP contribution >= 0.6 is 0 Å². The minimum absolute atomic E-state index is 0.133. The molecule has 1 N–H and O–H groups in total. The molecule has 1 aliphatic heterocycles. The summed E-state index contributed by atoms with van der Waals surface area (Å²) in [5.41, 5.74) is 1.29. The molecule has 0 aromatic heterocycles. The average Bonchev–Trinajstić information content (AvgIpc) is 2.68. The van der Waals surface area contributed by atoms with Gasteiger partial charge in [-0.05, 0) is 26.3 Å². The minimum Gasteiger partial charge on any atom is -0.348 e. The van der Waals surface area contributed by atoms with Gasteiger partial charge in [-0.15, -0.1) is 0 Å². The summed E-state index contributed by atoms with van der Waals surface area (Å²) in [6.45, 7) is 7.57. The fourth-order valence-electron chi connectivity index (χ4n) is 1.97. The van der Waals surface area contributed by atoms with E-state index in [4.69, 9.17) is 9.47 Å². The molecule has 0 aliphatic carbocycles. The fourth-order valence-corrected chi connectivity index (χ4v) is 1.97. The number of benzene rings is 1. The van der Waals surface area contributed by atoms with Crippen LogP contribution in [0.3, 0.4) is 0 Å². The van der Waals surface area contributed by atoms with Crippen LogP contribution in [-0.2, 0) is 16.0 Å². The van der Waals surface area contributed by atoms with Gasteiger partial charge >= 0.3 is 0 Å². The van der Waals surface area contributed by atoms with Crippen molar-refractivity contribution in [3.63, 3.8) is 0 Å². The molecule has 2 atom stereocenters. The molecule has 94 valence electrons. The highest BCUT2D eigenvalue weighted by atomic mass is 16.7. The van der Waals surface area contributed by atoms with Crippen molar-refractivity contribution in [3.05, 3.63) is 35.9 Å². The SMILES string of the molecule is C[C@H](NCc1ccccc1)[C@H]1COC(C)(C)O1. The van der Waals surface area contributed by atoms with Gasteiger partial charge in [0.1, 0.15) is 0 Å². The lowest BCUT2D eigenvalue weighted by Crippen LogP contribution is -2.39. The van der Waals surface area contributed by atoms with E-state index in [2.05, 4.69) is 36.5 Å². The van der Waals surface area contributed by atoms with E-state index in [1.165, 1.54) is 5.56 Å². The first kappa shape index (κ1) is 12.6. The first-order valence-electron chi connectivity index (χ1n) is 6.16. The van der Waals surface area contributed by atoms with Gasteiger partial charge in [-0.2, -0.15) is 0 Å². The van der Waals surface area contributed by atoms with Crippen LogP contribution in [0.1, 0.15) is 26.3 Å². The second-order valence-electron chi connectivity index (χ2n) is 5.02. The Labute approximate surface area is 103 Å². The van der Waals surface area contributed by atoms with Gasteiger partial charge in [0.15, 0.2) is 5.79 Å². The monoisotopic (exact) mass is 235 g/mol. The highest BCUT2D eigenvalue weighted by Crippen LogP contribution is 2.24. The number of rotatable bonds is 4. The Bertz CT molecular complexity index is 350. The van der Waals surface area contributed by atoms with Crippen LogP contribution in [0.2, 0.25) is 0 Å². The third-order valence-corrected chi connectivity index (χ3v) is 3.06. The molecule has 1 heterocycles. The lowest BCUT2D eigenvalue weighted by molar-refractivity contribution is -0.141. The van der Waals surface area contributed by atoms with Crippen molar-refractivity contribution >= 4 is 0 Å². The number of hydrogen-bond acceptors (Lipinski definition) is 3. The van der Waals surface area contributed by atoms with Crippen molar-refractivity contribution in [3.8, 4) is 0 Å². The van der Waals surface area contributed by atoms with Gasteiger partial charge < -0.3 is 14.8 Å². The third-order valence-electron chi connectivity index (χ3n) is 3.06. The van der Waals surface area contributed by atoms with E-state index in [9.17, 15) is 0 Å². The molecule has 1 fully saturated rings. The Morgan fingerprint density at radius 3 is 2.65 bits per heavy atom. The lowest BCUT2D eigenvalue weighted by atomic mass is 10.1. The second-order valence-corrected chi connectivity index (χ2v) is 5.02. The van der Waals surface area contributed by atoms with Crippen LogP contribution in [0.4, 0.5) is 0 Å². The number of nitrogens with one attached hydrogen (secondary N) is 1. The molecule has 2 rings (SSSR count). The number of ether oxygens (including phenoxy) is 2. The van der Waals surface area contributed by atoms with Crippen LogP contribution in [0.15, 0.2) is 30.3 Å². The molecule has 3 nitrogen and oxygen atoms in total. The number of hydrogen-bond donors (Lipinski definition) is 1. The van der Waals surface area contributed by atoms with Gasteiger partial charge in [0.05, 0.1) is 12.7 Å². The predicted molar refractivity (Wildman–Crippen MR) is 67.6 cm³/mol. The summed E-state index contributed by atoms with van der Waals surface area (Å²) in [7, 11) is 0. The molecule has 1 aliphatic rings. The summed E-state index contributed by atoms with van der Waals surface area (Å²) in [4.78, 5) is 0. The second kappa shape index (κ2) is 5.17. The lowest BCUT2D eigenvalue weighted by Gasteiger charge is -2.22. The zero-order valence-corrected chi connectivity index (χ0v) is 10.8. The average molecular weight is 235 g/mol. The van der Waals surface area contributed by atoms with Crippen molar-refractivity contribution in [1.29, 1.82) is 0 Å².